The van der Waals surface area contributed by atoms with Crippen LogP contribution >= 0.6 is 0 Å². The van der Waals surface area contributed by atoms with Crippen LogP contribution in [0.4, 0.5) is 27.6 Å². The fourth-order valence-electron chi connectivity index (χ4n) is 3.51. The van der Waals surface area contributed by atoms with Gasteiger partial charge in [-0.1, -0.05) is 0 Å². The van der Waals surface area contributed by atoms with Crippen molar-refractivity contribution in [2.45, 2.75) is 37.6 Å². The molecule has 2 aromatic rings. The van der Waals surface area contributed by atoms with Crippen molar-refractivity contribution in [2.75, 3.05) is 18.0 Å². The number of aromatic nitrogens is 1. The normalized spacial score (nSPS) is 21.2. The second kappa shape index (κ2) is 8.00. The lowest BCUT2D eigenvalue weighted by Crippen LogP contribution is -2.62. The molecule has 2 heterocycles. The molecule has 1 aliphatic heterocycles. The average molecular weight is 401 g/mol. The molecular formula is C19H20F5N3O. The van der Waals surface area contributed by atoms with Gasteiger partial charge in [-0.05, 0) is 37.1 Å². The largest absolute Gasteiger partial charge is 0.392 e. The van der Waals surface area contributed by atoms with Gasteiger partial charge in [-0.25, -0.2) is 22.0 Å². The van der Waals surface area contributed by atoms with Gasteiger partial charge < -0.3 is 15.7 Å². The fraction of sp³-hybridized carbons (Fsp3) is 0.421. The minimum absolute atomic E-state index is 0.115. The molecule has 3 rings (SSSR count). The lowest BCUT2D eigenvalue weighted by atomic mass is 9.85. The van der Waals surface area contributed by atoms with E-state index in [9.17, 15) is 27.1 Å². The first-order valence-corrected chi connectivity index (χ1v) is 8.76. The first-order chi connectivity index (χ1) is 13.2. The van der Waals surface area contributed by atoms with Gasteiger partial charge >= 0.3 is 0 Å². The molecular weight excluding hydrogens is 381 g/mol. The van der Waals surface area contributed by atoms with E-state index in [0.717, 1.165) is 12.1 Å². The summed E-state index contributed by atoms with van der Waals surface area (Å²) < 4.78 is 66.3. The van der Waals surface area contributed by atoms with Crippen LogP contribution < -0.4 is 10.6 Å². The van der Waals surface area contributed by atoms with Gasteiger partial charge in [-0.2, -0.15) is 0 Å². The number of hydrogen-bond donors (Lipinski definition) is 2. The zero-order chi connectivity index (χ0) is 20.5. The number of aliphatic hydroxyl groups excluding tert-OH is 1. The second-order valence-electron chi connectivity index (χ2n) is 6.98. The number of pyridine rings is 1. The highest BCUT2D eigenvalue weighted by Crippen LogP contribution is 2.33. The van der Waals surface area contributed by atoms with Gasteiger partial charge in [0.1, 0.15) is 0 Å². The number of alkyl halides is 3. The van der Waals surface area contributed by atoms with Crippen molar-refractivity contribution < 1.29 is 27.1 Å². The van der Waals surface area contributed by atoms with Crippen molar-refractivity contribution in [3.8, 4) is 11.3 Å². The van der Waals surface area contributed by atoms with Gasteiger partial charge in [0, 0.05) is 24.2 Å². The van der Waals surface area contributed by atoms with Crippen LogP contribution in [0.3, 0.4) is 0 Å². The SMILES string of the molecule is NC1(C(F)C(F)F)CCCN(c2cnc(-c3ccc(F)c(F)c3)cc2CO)C1. The molecule has 1 aromatic carbocycles. The van der Waals surface area contributed by atoms with Crippen molar-refractivity contribution in [2.24, 2.45) is 5.73 Å². The van der Waals surface area contributed by atoms with Crippen LogP contribution in [0.2, 0.25) is 0 Å². The van der Waals surface area contributed by atoms with E-state index in [1.54, 1.807) is 4.90 Å². The van der Waals surface area contributed by atoms with Crippen LogP contribution in [0, 0.1) is 11.6 Å². The van der Waals surface area contributed by atoms with E-state index in [4.69, 9.17) is 5.73 Å². The number of aliphatic hydroxyl groups is 1. The van der Waals surface area contributed by atoms with Crippen molar-refractivity contribution in [1.82, 2.24) is 4.98 Å². The van der Waals surface area contributed by atoms with Crippen LogP contribution in [0.5, 0.6) is 0 Å². The van der Waals surface area contributed by atoms with Gasteiger partial charge in [0.05, 0.1) is 29.7 Å². The van der Waals surface area contributed by atoms with E-state index >= 15 is 0 Å². The molecule has 28 heavy (non-hydrogen) atoms. The third-order valence-corrected chi connectivity index (χ3v) is 5.02. The third-order valence-electron chi connectivity index (χ3n) is 5.02. The van der Waals surface area contributed by atoms with Gasteiger partial charge in [0.2, 0.25) is 0 Å². The summed E-state index contributed by atoms with van der Waals surface area (Å²) in [6.45, 7) is -0.123. The van der Waals surface area contributed by atoms with Crippen LogP contribution in [-0.2, 0) is 6.61 Å². The maximum Gasteiger partial charge on any atom is 0.271 e. The molecule has 4 nitrogen and oxygen atoms in total. The average Bonchev–Trinajstić information content (AvgIpc) is 2.68. The quantitative estimate of drug-likeness (QED) is 0.754. The molecule has 0 amide bonds. The Bertz CT molecular complexity index is 850. The Hall–Kier alpha value is -2.26. The lowest BCUT2D eigenvalue weighted by Gasteiger charge is -2.43. The summed E-state index contributed by atoms with van der Waals surface area (Å²) in [5, 5.41) is 9.73. The van der Waals surface area contributed by atoms with E-state index in [2.05, 4.69) is 4.98 Å². The van der Waals surface area contributed by atoms with E-state index in [-0.39, 0.29) is 13.0 Å². The summed E-state index contributed by atoms with van der Waals surface area (Å²) in [5.74, 6) is -2.02. The molecule has 1 aliphatic rings. The maximum atomic E-state index is 14.0. The predicted molar refractivity (Wildman–Crippen MR) is 94.8 cm³/mol. The Balaban J connectivity index is 1.91. The van der Waals surface area contributed by atoms with E-state index in [1.807, 2.05) is 0 Å². The summed E-state index contributed by atoms with van der Waals surface area (Å²) in [6, 6.07) is 4.80. The number of hydrogen-bond acceptors (Lipinski definition) is 4. The minimum atomic E-state index is -3.18. The zero-order valence-corrected chi connectivity index (χ0v) is 14.9. The van der Waals surface area contributed by atoms with Gasteiger partial charge in [-0.15, -0.1) is 0 Å². The summed E-state index contributed by atoms with van der Waals surface area (Å²) in [5.41, 5.74) is 5.65. The monoisotopic (exact) mass is 401 g/mol. The van der Waals surface area contributed by atoms with Gasteiger partial charge in [-0.3, -0.25) is 4.98 Å². The maximum absolute atomic E-state index is 14.0. The van der Waals surface area contributed by atoms with Crippen LogP contribution in [0.25, 0.3) is 11.3 Å². The van der Waals surface area contributed by atoms with Crippen molar-refractivity contribution in [1.29, 1.82) is 0 Å². The molecule has 9 heteroatoms. The number of halogens is 5. The highest BCUT2D eigenvalue weighted by atomic mass is 19.3. The Morgan fingerprint density at radius 1 is 1.18 bits per heavy atom. The molecule has 2 unspecified atom stereocenters. The summed E-state index contributed by atoms with van der Waals surface area (Å²) in [6.07, 6.45) is -3.74. The van der Waals surface area contributed by atoms with Gasteiger partial charge in [0.25, 0.3) is 6.43 Å². The molecule has 1 fully saturated rings. The molecule has 152 valence electrons. The molecule has 0 bridgehead atoms. The topological polar surface area (TPSA) is 62.4 Å². The molecule has 0 spiro atoms. The fourth-order valence-corrected chi connectivity index (χ4v) is 3.51. The second-order valence-corrected chi connectivity index (χ2v) is 6.98. The van der Waals surface area contributed by atoms with Crippen molar-refractivity contribution in [3.63, 3.8) is 0 Å². The van der Waals surface area contributed by atoms with Gasteiger partial charge in [0.15, 0.2) is 17.8 Å². The Labute approximate surface area is 158 Å². The Morgan fingerprint density at radius 2 is 1.93 bits per heavy atom. The summed E-state index contributed by atoms with van der Waals surface area (Å²) >= 11 is 0. The van der Waals surface area contributed by atoms with Crippen molar-refractivity contribution >= 4 is 5.69 Å². The molecule has 1 aromatic heterocycles. The number of nitrogens with two attached hydrogens (primary N) is 1. The van der Waals surface area contributed by atoms with E-state index in [0.29, 0.717) is 35.5 Å². The number of anilines is 1. The number of piperidine rings is 1. The molecule has 1 saturated heterocycles. The van der Waals surface area contributed by atoms with E-state index in [1.165, 1.54) is 18.3 Å². The number of rotatable bonds is 5. The molecule has 2 atom stereocenters. The lowest BCUT2D eigenvalue weighted by molar-refractivity contribution is -0.000410. The van der Waals surface area contributed by atoms with Crippen LogP contribution in [-0.4, -0.2) is 41.3 Å². The summed E-state index contributed by atoms with van der Waals surface area (Å²) in [7, 11) is 0. The summed E-state index contributed by atoms with van der Waals surface area (Å²) in [4.78, 5) is 5.82. The first kappa shape index (κ1) is 20.5. The molecule has 3 N–H and O–H groups in total. The molecule has 0 saturated carbocycles. The molecule has 0 aliphatic carbocycles. The zero-order valence-electron chi connectivity index (χ0n) is 14.9. The Kier molecular flexibility index (Phi) is 5.85. The highest BCUT2D eigenvalue weighted by Gasteiger charge is 2.44. The highest BCUT2D eigenvalue weighted by molar-refractivity contribution is 5.65. The smallest absolute Gasteiger partial charge is 0.271 e. The molecule has 0 radical (unpaired) electrons. The van der Waals surface area contributed by atoms with Crippen molar-refractivity contribution in [3.05, 3.63) is 47.7 Å². The number of nitrogens with zero attached hydrogens (tertiary/aromatic N) is 2. The van der Waals surface area contributed by atoms with E-state index < -0.39 is 36.4 Å². The van der Waals surface area contributed by atoms with Crippen LogP contribution in [0.1, 0.15) is 18.4 Å². The predicted octanol–water partition coefficient (Wildman–Crippen LogP) is 3.42. The standard InChI is InChI=1S/C19H20F5N3O/c20-13-3-2-11(6-14(13)21)15-7-12(9-28)16(8-26-15)27-5-1-4-19(25,10-27)17(22)18(23)24/h2-3,6-8,17-18,28H,1,4-5,9-10,25H2. The Morgan fingerprint density at radius 3 is 2.57 bits per heavy atom. The van der Waals surface area contributed by atoms with Crippen LogP contribution in [0.15, 0.2) is 30.5 Å². The first-order valence-electron chi connectivity index (χ1n) is 8.76. The third kappa shape index (κ3) is 3.95. The number of benzene rings is 1. The minimum Gasteiger partial charge on any atom is -0.392 e.